The third kappa shape index (κ3) is 5.35. The summed E-state index contributed by atoms with van der Waals surface area (Å²) in [6.45, 7) is 4.64. The molecule has 0 aliphatic carbocycles. The molecule has 3 N–H and O–H groups in total. The van der Waals surface area contributed by atoms with Gasteiger partial charge in [-0.05, 0) is 36.0 Å². The fourth-order valence-corrected chi connectivity index (χ4v) is 2.52. The maximum Gasteiger partial charge on any atom is 0.251 e. The lowest BCUT2D eigenvalue weighted by Gasteiger charge is -2.09. The number of benzene rings is 1. The number of carbonyl (C=O) groups is 1. The third-order valence-corrected chi connectivity index (χ3v) is 3.70. The van der Waals surface area contributed by atoms with Crippen molar-refractivity contribution in [2.75, 3.05) is 6.54 Å². The fourth-order valence-electron chi connectivity index (χ4n) is 2.52. The van der Waals surface area contributed by atoms with Gasteiger partial charge in [0.05, 0.1) is 6.61 Å². The largest absolute Gasteiger partial charge is 0.392 e. The van der Waals surface area contributed by atoms with Gasteiger partial charge in [0.25, 0.3) is 5.91 Å². The Kier molecular flexibility index (Phi) is 6.32. The first-order valence-electron chi connectivity index (χ1n) is 8.18. The molecule has 0 spiro atoms. The first-order chi connectivity index (χ1) is 11.5. The molecular formula is C19H24N2O3. The number of pyridine rings is 1. The molecule has 1 heterocycles. The van der Waals surface area contributed by atoms with E-state index in [4.69, 9.17) is 5.11 Å². The van der Waals surface area contributed by atoms with Gasteiger partial charge in [-0.3, -0.25) is 9.59 Å². The number of aliphatic hydroxyl groups is 1. The molecule has 128 valence electrons. The van der Waals surface area contributed by atoms with E-state index in [-0.39, 0.29) is 18.1 Å². The summed E-state index contributed by atoms with van der Waals surface area (Å²) in [6.07, 6.45) is 1.42. The van der Waals surface area contributed by atoms with E-state index in [2.05, 4.69) is 24.1 Å². The van der Waals surface area contributed by atoms with Crippen LogP contribution in [-0.4, -0.2) is 22.5 Å². The van der Waals surface area contributed by atoms with E-state index in [0.717, 1.165) is 23.2 Å². The Balaban J connectivity index is 1.94. The number of nitrogens with one attached hydrogen (secondary N) is 2. The van der Waals surface area contributed by atoms with Crippen molar-refractivity contribution in [3.8, 4) is 0 Å². The Morgan fingerprint density at radius 1 is 1.17 bits per heavy atom. The molecule has 1 aromatic carbocycles. The predicted molar refractivity (Wildman–Crippen MR) is 94.0 cm³/mol. The highest BCUT2D eigenvalue weighted by Gasteiger charge is 2.09. The Morgan fingerprint density at radius 2 is 1.83 bits per heavy atom. The first kappa shape index (κ1) is 17.9. The van der Waals surface area contributed by atoms with Gasteiger partial charge in [0.1, 0.15) is 0 Å². The van der Waals surface area contributed by atoms with E-state index in [0.29, 0.717) is 24.4 Å². The van der Waals surface area contributed by atoms with Gasteiger partial charge in [0, 0.05) is 23.9 Å². The second-order valence-electron chi connectivity index (χ2n) is 6.34. The van der Waals surface area contributed by atoms with Gasteiger partial charge in [0.15, 0.2) is 0 Å². The highest BCUT2D eigenvalue weighted by molar-refractivity contribution is 5.94. The average Bonchev–Trinajstić information content (AvgIpc) is 2.54. The maximum absolute atomic E-state index is 12.2. The minimum Gasteiger partial charge on any atom is -0.392 e. The molecule has 0 unspecified atom stereocenters. The van der Waals surface area contributed by atoms with Gasteiger partial charge >= 0.3 is 0 Å². The van der Waals surface area contributed by atoms with Gasteiger partial charge < -0.3 is 15.4 Å². The van der Waals surface area contributed by atoms with E-state index >= 15 is 0 Å². The standard InChI is InChI=1S/C19H24N2O3/c1-13(2)9-17-10-16(11-18(23)21-17)19(24)20-8-7-14-3-5-15(12-22)6-4-14/h3-6,10-11,13,22H,7-9,12H2,1-2H3,(H,20,24)(H,21,23). The number of amides is 1. The quantitative estimate of drug-likeness (QED) is 0.727. The van der Waals surface area contributed by atoms with Crippen molar-refractivity contribution in [2.24, 2.45) is 5.92 Å². The number of rotatable bonds is 7. The number of carbonyl (C=O) groups excluding carboxylic acids is 1. The number of aromatic amines is 1. The average molecular weight is 328 g/mol. The monoisotopic (exact) mass is 328 g/mol. The highest BCUT2D eigenvalue weighted by Crippen LogP contribution is 2.07. The zero-order valence-corrected chi connectivity index (χ0v) is 14.1. The van der Waals surface area contributed by atoms with Crippen LogP contribution in [0.4, 0.5) is 0 Å². The molecular weight excluding hydrogens is 304 g/mol. The van der Waals surface area contributed by atoms with Crippen LogP contribution in [0.5, 0.6) is 0 Å². The molecule has 0 saturated carbocycles. The molecule has 2 rings (SSSR count). The lowest BCUT2D eigenvalue weighted by molar-refractivity contribution is 0.0953. The molecule has 1 aromatic heterocycles. The van der Waals surface area contributed by atoms with E-state index in [1.807, 2.05) is 24.3 Å². The summed E-state index contributed by atoms with van der Waals surface area (Å²) in [5.74, 6) is 0.166. The van der Waals surface area contributed by atoms with Crippen LogP contribution in [0.1, 0.15) is 41.0 Å². The molecule has 0 aliphatic rings. The summed E-state index contributed by atoms with van der Waals surface area (Å²) in [5.41, 5.74) is 2.87. The molecule has 0 saturated heterocycles. The zero-order chi connectivity index (χ0) is 17.5. The SMILES string of the molecule is CC(C)Cc1cc(C(=O)NCCc2ccc(CO)cc2)cc(=O)[nH]1. The number of H-pyrrole nitrogens is 1. The molecule has 0 bridgehead atoms. The smallest absolute Gasteiger partial charge is 0.251 e. The normalized spacial score (nSPS) is 10.8. The van der Waals surface area contributed by atoms with Crippen molar-refractivity contribution in [3.05, 3.63) is 69.1 Å². The van der Waals surface area contributed by atoms with Gasteiger partial charge in [-0.25, -0.2) is 0 Å². The number of aromatic nitrogens is 1. The summed E-state index contributed by atoms with van der Waals surface area (Å²) in [4.78, 5) is 26.7. The van der Waals surface area contributed by atoms with Crippen molar-refractivity contribution in [1.82, 2.24) is 10.3 Å². The second kappa shape index (κ2) is 8.45. The summed E-state index contributed by atoms with van der Waals surface area (Å²) < 4.78 is 0. The number of hydrogen-bond donors (Lipinski definition) is 3. The van der Waals surface area contributed by atoms with Gasteiger partial charge in [-0.1, -0.05) is 38.1 Å². The molecule has 0 aliphatic heterocycles. The molecule has 5 nitrogen and oxygen atoms in total. The highest BCUT2D eigenvalue weighted by atomic mass is 16.3. The van der Waals surface area contributed by atoms with Gasteiger partial charge in [-0.2, -0.15) is 0 Å². The maximum atomic E-state index is 12.2. The Bertz CT molecular complexity index is 733. The summed E-state index contributed by atoms with van der Waals surface area (Å²) in [5, 5.41) is 11.9. The van der Waals surface area contributed by atoms with Crippen molar-refractivity contribution in [1.29, 1.82) is 0 Å². The predicted octanol–water partition coefficient (Wildman–Crippen LogP) is 2.04. The first-order valence-corrected chi connectivity index (χ1v) is 8.18. The van der Waals surface area contributed by atoms with Crippen LogP contribution in [0.2, 0.25) is 0 Å². The van der Waals surface area contributed by atoms with Crippen LogP contribution in [0, 0.1) is 5.92 Å². The van der Waals surface area contributed by atoms with E-state index in [1.165, 1.54) is 6.07 Å². The molecule has 24 heavy (non-hydrogen) atoms. The van der Waals surface area contributed by atoms with Crippen LogP contribution < -0.4 is 10.9 Å². The Hall–Kier alpha value is -2.40. The minimum atomic E-state index is -0.252. The molecule has 2 aromatic rings. The lowest BCUT2D eigenvalue weighted by Crippen LogP contribution is -2.27. The third-order valence-electron chi connectivity index (χ3n) is 3.70. The molecule has 0 radical (unpaired) electrons. The lowest BCUT2D eigenvalue weighted by atomic mass is 10.1. The molecule has 0 atom stereocenters. The van der Waals surface area contributed by atoms with Gasteiger partial charge in [-0.15, -0.1) is 0 Å². The van der Waals surface area contributed by atoms with Crippen LogP contribution >= 0.6 is 0 Å². The Labute approximate surface area is 141 Å². The summed E-state index contributed by atoms with van der Waals surface area (Å²) in [7, 11) is 0. The Morgan fingerprint density at radius 3 is 2.46 bits per heavy atom. The van der Waals surface area contributed by atoms with Crippen LogP contribution in [-0.2, 0) is 19.4 Å². The van der Waals surface area contributed by atoms with Crippen LogP contribution in [0.3, 0.4) is 0 Å². The van der Waals surface area contributed by atoms with Crippen LogP contribution in [0.15, 0.2) is 41.2 Å². The van der Waals surface area contributed by atoms with E-state index < -0.39 is 0 Å². The fraction of sp³-hybridized carbons (Fsp3) is 0.368. The van der Waals surface area contributed by atoms with Gasteiger partial charge in [0.2, 0.25) is 5.56 Å². The van der Waals surface area contributed by atoms with Crippen molar-refractivity contribution in [2.45, 2.75) is 33.3 Å². The minimum absolute atomic E-state index is 0.0261. The number of aliphatic hydroxyl groups excluding tert-OH is 1. The molecule has 0 fully saturated rings. The van der Waals surface area contributed by atoms with Crippen molar-refractivity contribution in [3.63, 3.8) is 0 Å². The second-order valence-corrected chi connectivity index (χ2v) is 6.34. The van der Waals surface area contributed by atoms with E-state index in [9.17, 15) is 9.59 Å². The van der Waals surface area contributed by atoms with Crippen LogP contribution in [0.25, 0.3) is 0 Å². The number of hydrogen-bond acceptors (Lipinski definition) is 3. The van der Waals surface area contributed by atoms with Crippen molar-refractivity contribution >= 4 is 5.91 Å². The van der Waals surface area contributed by atoms with E-state index in [1.54, 1.807) is 6.07 Å². The topological polar surface area (TPSA) is 82.2 Å². The summed E-state index contributed by atoms with van der Waals surface area (Å²) >= 11 is 0. The van der Waals surface area contributed by atoms with Crippen molar-refractivity contribution < 1.29 is 9.90 Å². The summed E-state index contributed by atoms with van der Waals surface area (Å²) in [6, 6.07) is 10.7. The molecule has 1 amide bonds. The molecule has 5 heteroatoms. The zero-order valence-electron chi connectivity index (χ0n) is 14.1.